The van der Waals surface area contributed by atoms with Gasteiger partial charge in [0, 0.05) is 22.4 Å². The van der Waals surface area contributed by atoms with Crippen LogP contribution in [0.25, 0.3) is 10.4 Å². The van der Waals surface area contributed by atoms with E-state index < -0.39 is 0 Å². The summed E-state index contributed by atoms with van der Waals surface area (Å²) in [6, 6.07) is 0. The fourth-order valence-electron chi connectivity index (χ4n) is 0. The molecule has 0 aliphatic heterocycles. The van der Waals surface area contributed by atoms with Crippen molar-refractivity contribution in [3.8, 4) is 0 Å². The third-order valence-electron chi connectivity index (χ3n) is 0. The van der Waals surface area contributed by atoms with Gasteiger partial charge in [0.05, 0.1) is 0 Å². The molecule has 0 aromatic carbocycles. The van der Waals surface area contributed by atoms with Crippen LogP contribution in [-0.2, 0) is 22.4 Å². The molecular weight excluding hydrogens is 343 g/mol. The summed E-state index contributed by atoms with van der Waals surface area (Å²) in [5.41, 5.74) is 12.2. The van der Waals surface area contributed by atoms with Gasteiger partial charge in [-0.2, -0.15) is 0 Å². The fourth-order valence-corrected chi connectivity index (χ4v) is 0. The zero-order chi connectivity index (χ0) is 10.7. The first kappa shape index (κ1) is 50.5. The van der Waals surface area contributed by atoms with E-state index in [0.717, 1.165) is 0 Å². The summed E-state index contributed by atoms with van der Waals surface area (Å²) in [5, 5.41) is 25.0. The van der Waals surface area contributed by atoms with Crippen LogP contribution in [0.3, 0.4) is 0 Å². The van der Waals surface area contributed by atoms with E-state index in [1.807, 2.05) is 0 Å². The topological polar surface area (TPSA) is 155 Å². The molecule has 7 nitrogen and oxygen atoms in total. The molecule has 0 aromatic rings. The molecule has 67 valence electrons. The molecule has 8 heteroatoms. The van der Waals surface area contributed by atoms with Crippen LogP contribution in [0, 0.1) is 52.9 Å². The maximum Gasteiger partial charge on any atom is 0 e. The van der Waals surface area contributed by atoms with E-state index in [1.165, 1.54) is 0 Å². The van der Waals surface area contributed by atoms with Crippen LogP contribution in [0.1, 0.15) is 0 Å². The third kappa shape index (κ3) is 99.4. The van der Waals surface area contributed by atoms with Crippen LogP contribution in [0.2, 0.25) is 0 Å². The zero-order valence-corrected chi connectivity index (χ0v) is 7.65. The largest absolute Gasteiger partial charge is 0.512 e. The molecule has 12 heavy (non-hydrogen) atoms. The number of rotatable bonds is 0. The molecule has 0 unspecified atom stereocenters. The second kappa shape index (κ2) is 590. The first-order valence-electron chi connectivity index (χ1n) is 1.32. The Morgan fingerprint density at radius 2 is 0.833 bits per heavy atom. The van der Waals surface area contributed by atoms with Crippen molar-refractivity contribution in [1.29, 1.82) is 26.6 Å². The summed E-state index contributed by atoms with van der Waals surface area (Å²) < 4.78 is 0. The van der Waals surface area contributed by atoms with Gasteiger partial charge in [0.1, 0.15) is 0 Å². The van der Waals surface area contributed by atoms with Crippen molar-refractivity contribution in [2.24, 2.45) is 0 Å². The Bertz CT molecular complexity index is 112. The Labute approximate surface area is 86.0 Å². The minimum atomic E-state index is 0. The molecular formula is C4HAuN7-4. The van der Waals surface area contributed by atoms with Gasteiger partial charge in [-0.3, -0.25) is 0 Å². The standard InChI is InChI=1S/4CN.Au.HN3/c4*1-2;;1-3-2/h;;;;;1H/q4*-1;;. The van der Waals surface area contributed by atoms with Gasteiger partial charge in [0.15, 0.2) is 0 Å². The van der Waals surface area contributed by atoms with E-state index in [2.05, 4.69) is 0 Å². The molecule has 1 N–H and O–H groups in total. The van der Waals surface area contributed by atoms with Crippen LogP contribution in [0.4, 0.5) is 0 Å². The normalized spacial score (nSPS) is 1.33. The van der Waals surface area contributed by atoms with Crippen molar-refractivity contribution in [3.63, 3.8) is 0 Å². The summed E-state index contributed by atoms with van der Waals surface area (Å²) in [7, 11) is 0. The number of hydrogen-bond donors (Lipinski definition) is 1. The monoisotopic (exact) mass is 344 g/mol. The van der Waals surface area contributed by atoms with Crippen molar-refractivity contribution in [1.82, 2.24) is 0 Å². The average Bonchev–Trinajstić information content (AvgIpc) is 2.18. The summed E-state index contributed by atoms with van der Waals surface area (Å²) in [6.07, 6.45) is 0. The molecule has 0 atom stereocenters. The van der Waals surface area contributed by atoms with E-state index in [4.69, 9.17) is 58.4 Å². The maximum atomic E-state index is 6.86. The van der Waals surface area contributed by atoms with Gasteiger partial charge in [-0.05, 0) is 10.4 Å². The van der Waals surface area contributed by atoms with E-state index in [1.54, 1.807) is 4.91 Å². The Kier molecular flexibility index (Phi) is 2490. The summed E-state index contributed by atoms with van der Waals surface area (Å²) in [5.74, 6) is 0. The van der Waals surface area contributed by atoms with E-state index in [-0.39, 0.29) is 22.4 Å². The van der Waals surface area contributed by atoms with Crippen molar-refractivity contribution in [2.75, 3.05) is 0 Å². The zero-order valence-electron chi connectivity index (χ0n) is 5.48. The second-order valence-corrected chi connectivity index (χ2v) is 0.100. The predicted octanol–water partition coefficient (Wildman–Crippen LogP) is 1.26. The van der Waals surface area contributed by atoms with Crippen LogP contribution in [0.5, 0.6) is 0 Å². The van der Waals surface area contributed by atoms with Gasteiger partial charge in [0.2, 0.25) is 0 Å². The van der Waals surface area contributed by atoms with Gasteiger partial charge < -0.3 is 47.3 Å². The predicted molar refractivity (Wildman–Crippen MR) is 29.3 cm³/mol. The minimum absolute atomic E-state index is 0. The Hall–Kier alpha value is -1.99. The van der Waals surface area contributed by atoms with Gasteiger partial charge in [-0.15, -0.1) is 5.53 Å². The molecule has 0 amide bonds. The molecule has 0 aliphatic rings. The minimum Gasteiger partial charge on any atom is -0.512 e. The molecule has 0 saturated carbocycles. The summed E-state index contributed by atoms with van der Waals surface area (Å²) >= 11 is 0. The van der Waals surface area contributed by atoms with E-state index in [0.29, 0.717) is 0 Å². The molecule has 0 aromatic heterocycles. The van der Waals surface area contributed by atoms with E-state index in [9.17, 15) is 0 Å². The van der Waals surface area contributed by atoms with Crippen LogP contribution in [-0.4, -0.2) is 0 Å². The summed E-state index contributed by atoms with van der Waals surface area (Å²) in [4.78, 5) is 1.75. The van der Waals surface area contributed by atoms with Crippen molar-refractivity contribution in [2.45, 2.75) is 0 Å². The maximum absolute atomic E-state index is 6.86. The molecule has 0 aliphatic carbocycles. The smallest absolute Gasteiger partial charge is 0 e. The quantitative estimate of drug-likeness (QED) is 0.231. The van der Waals surface area contributed by atoms with Gasteiger partial charge in [0.25, 0.3) is 0 Å². The third-order valence-corrected chi connectivity index (χ3v) is 0. The van der Waals surface area contributed by atoms with Crippen LogP contribution in [0.15, 0.2) is 0 Å². The number of nitrogens with one attached hydrogen (secondary N) is 1. The number of nitrogens with zero attached hydrogens (tertiary/aromatic N) is 6. The average molecular weight is 344 g/mol. The first-order chi connectivity index (χ1) is 5.41. The van der Waals surface area contributed by atoms with Gasteiger partial charge in [-0.1, -0.05) is 0 Å². The summed E-state index contributed by atoms with van der Waals surface area (Å²) in [6.45, 7) is 19.0. The molecule has 0 saturated heterocycles. The van der Waals surface area contributed by atoms with Gasteiger partial charge in [-0.25, -0.2) is 0 Å². The molecule has 0 spiro atoms. The first-order valence-corrected chi connectivity index (χ1v) is 1.32. The number of hydrogen-bond acceptors (Lipinski definition) is 5. The molecule has 0 heterocycles. The Morgan fingerprint density at radius 3 is 0.833 bits per heavy atom. The fraction of sp³-hybridized carbons (Fsp3) is 0. The Balaban J connectivity index is -0.00000000933. The molecule has 0 rings (SSSR count). The van der Waals surface area contributed by atoms with Crippen LogP contribution >= 0.6 is 0 Å². The van der Waals surface area contributed by atoms with Crippen molar-refractivity contribution >= 4 is 0 Å². The SMILES string of the molecule is [Au].[C-]#N.[C-]#N.[C-]#N.[C-]#N.[N-]=[N+]=N. The van der Waals surface area contributed by atoms with Crippen molar-refractivity contribution in [3.05, 3.63) is 36.7 Å². The van der Waals surface area contributed by atoms with Crippen molar-refractivity contribution < 1.29 is 22.4 Å². The van der Waals surface area contributed by atoms with Crippen LogP contribution < -0.4 is 0 Å². The second-order valence-electron chi connectivity index (χ2n) is 0.100. The van der Waals surface area contributed by atoms with Gasteiger partial charge >= 0.3 is 0 Å². The van der Waals surface area contributed by atoms with E-state index >= 15 is 0 Å². The molecule has 0 fully saturated rings. The molecule has 0 bridgehead atoms. The Morgan fingerprint density at radius 1 is 0.833 bits per heavy atom. The molecule has 1 radical (unpaired) electrons.